The second-order valence-electron chi connectivity index (χ2n) is 6.22. The summed E-state index contributed by atoms with van der Waals surface area (Å²) in [6.45, 7) is 1.72. The van der Waals surface area contributed by atoms with Crippen LogP contribution in [-0.2, 0) is 0 Å². The van der Waals surface area contributed by atoms with Gasteiger partial charge in [0, 0.05) is 16.9 Å². The molecule has 0 radical (unpaired) electrons. The number of nitrogens with zero attached hydrogens (tertiary/aromatic N) is 1. The van der Waals surface area contributed by atoms with Crippen LogP contribution in [0.1, 0.15) is 5.56 Å². The van der Waals surface area contributed by atoms with Crippen molar-refractivity contribution in [3.63, 3.8) is 0 Å². The molecule has 0 spiro atoms. The van der Waals surface area contributed by atoms with Crippen LogP contribution in [0.25, 0.3) is 22.4 Å². The summed E-state index contributed by atoms with van der Waals surface area (Å²) in [6.07, 6.45) is 0. The Morgan fingerprint density at radius 1 is 0.963 bits per heavy atom. The highest BCUT2D eigenvalue weighted by atomic mass is 32.1. The molecule has 0 atom stereocenters. The van der Waals surface area contributed by atoms with Crippen LogP contribution in [0.4, 0.5) is 15.8 Å². The first-order valence-electron chi connectivity index (χ1n) is 8.48. The standard InChI is InChI=1S/C21H17FN4S/c1-13-6-9-16(12-17(13)22)24-21(27)23-15-10-7-14(8-11-15)20-25-18-4-2-3-5-19(18)26-20/h2-12H,1H3,(H,25,26)(H2,23,24,27). The fourth-order valence-electron chi connectivity index (χ4n) is 2.76. The van der Waals surface area contributed by atoms with E-state index in [2.05, 4.69) is 20.6 Å². The first-order valence-corrected chi connectivity index (χ1v) is 8.89. The van der Waals surface area contributed by atoms with Crippen molar-refractivity contribution in [3.05, 3.63) is 78.1 Å². The zero-order valence-electron chi connectivity index (χ0n) is 14.6. The molecule has 0 amide bonds. The fourth-order valence-corrected chi connectivity index (χ4v) is 3.00. The first kappa shape index (κ1) is 17.2. The van der Waals surface area contributed by atoms with Crippen LogP contribution in [0.3, 0.4) is 0 Å². The Kier molecular flexibility index (Phi) is 4.56. The molecule has 0 unspecified atom stereocenters. The summed E-state index contributed by atoms with van der Waals surface area (Å²) in [5.74, 6) is 0.552. The van der Waals surface area contributed by atoms with E-state index >= 15 is 0 Å². The molecule has 3 N–H and O–H groups in total. The van der Waals surface area contributed by atoms with E-state index < -0.39 is 0 Å². The maximum absolute atomic E-state index is 13.6. The molecular formula is C21H17FN4S. The lowest BCUT2D eigenvalue weighted by molar-refractivity contribution is 0.619. The Morgan fingerprint density at radius 2 is 1.67 bits per heavy atom. The Morgan fingerprint density at radius 3 is 2.41 bits per heavy atom. The van der Waals surface area contributed by atoms with E-state index in [1.807, 2.05) is 48.5 Å². The smallest absolute Gasteiger partial charge is 0.175 e. The van der Waals surface area contributed by atoms with E-state index in [0.29, 0.717) is 16.4 Å². The number of halogens is 1. The quantitative estimate of drug-likeness (QED) is 0.414. The number of nitrogens with one attached hydrogen (secondary N) is 3. The van der Waals surface area contributed by atoms with Gasteiger partial charge in [0.05, 0.1) is 11.0 Å². The van der Waals surface area contributed by atoms with E-state index in [0.717, 1.165) is 28.1 Å². The van der Waals surface area contributed by atoms with Crippen molar-refractivity contribution in [2.24, 2.45) is 0 Å². The number of rotatable bonds is 3. The number of aryl methyl sites for hydroxylation is 1. The Labute approximate surface area is 161 Å². The van der Waals surface area contributed by atoms with Crippen LogP contribution in [0.5, 0.6) is 0 Å². The minimum atomic E-state index is -0.266. The van der Waals surface area contributed by atoms with E-state index in [-0.39, 0.29) is 5.82 Å². The summed E-state index contributed by atoms with van der Waals surface area (Å²) in [4.78, 5) is 7.90. The average Bonchev–Trinajstić information content (AvgIpc) is 3.09. The van der Waals surface area contributed by atoms with Crippen LogP contribution < -0.4 is 10.6 Å². The van der Waals surface area contributed by atoms with Gasteiger partial charge in [0.15, 0.2) is 5.11 Å². The van der Waals surface area contributed by atoms with Crippen LogP contribution >= 0.6 is 12.2 Å². The number of hydrogen-bond donors (Lipinski definition) is 3. The van der Waals surface area contributed by atoms with Gasteiger partial charge in [0.2, 0.25) is 0 Å². The number of hydrogen-bond acceptors (Lipinski definition) is 2. The predicted molar refractivity (Wildman–Crippen MR) is 113 cm³/mol. The topological polar surface area (TPSA) is 52.7 Å². The number of para-hydroxylation sites is 2. The third-order valence-electron chi connectivity index (χ3n) is 4.24. The van der Waals surface area contributed by atoms with Crippen LogP contribution in [0.2, 0.25) is 0 Å². The van der Waals surface area contributed by atoms with E-state index in [1.54, 1.807) is 19.1 Å². The lowest BCUT2D eigenvalue weighted by atomic mass is 10.2. The normalized spacial score (nSPS) is 10.7. The molecular weight excluding hydrogens is 359 g/mol. The van der Waals surface area contributed by atoms with Gasteiger partial charge >= 0.3 is 0 Å². The Bertz CT molecular complexity index is 1090. The summed E-state index contributed by atoms with van der Waals surface area (Å²) in [5.41, 5.74) is 4.96. The van der Waals surface area contributed by atoms with E-state index in [4.69, 9.17) is 12.2 Å². The molecule has 4 rings (SSSR count). The lowest BCUT2D eigenvalue weighted by Crippen LogP contribution is -2.19. The summed E-state index contributed by atoms with van der Waals surface area (Å²) in [7, 11) is 0. The van der Waals surface area contributed by atoms with E-state index in [9.17, 15) is 4.39 Å². The van der Waals surface area contributed by atoms with Gasteiger partial charge in [-0.2, -0.15) is 0 Å². The molecule has 6 heteroatoms. The van der Waals surface area contributed by atoms with Gasteiger partial charge < -0.3 is 15.6 Å². The Hall–Kier alpha value is -3.25. The molecule has 0 bridgehead atoms. The van der Waals surface area contributed by atoms with Crippen molar-refractivity contribution in [2.75, 3.05) is 10.6 Å². The number of aromatic nitrogens is 2. The predicted octanol–water partition coefficient (Wildman–Crippen LogP) is 5.49. The minimum Gasteiger partial charge on any atom is -0.338 e. The number of fused-ring (bicyclic) bond motifs is 1. The molecule has 3 aromatic carbocycles. The molecule has 0 saturated heterocycles. The molecule has 4 nitrogen and oxygen atoms in total. The highest BCUT2D eigenvalue weighted by molar-refractivity contribution is 7.80. The number of benzene rings is 3. The molecule has 27 heavy (non-hydrogen) atoms. The lowest BCUT2D eigenvalue weighted by Gasteiger charge is -2.11. The molecule has 0 aliphatic carbocycles. The SMILES string of the molecule is Cc1ccc(NC(=S)Nc2ccc(-c3nc4ccccc4[nH]3)cc2)cc1F. The molecule has 0 aliphatic rings. The third-order valence-corrected chi connectivity index (χ3v) is 4.44. The van der Waals surface area contributed by atoms with Gasteiger partial charge in [0.1, 0.15) is 11.6 Å². The molecule has 0 aliphatic heterocycles. The molecule has 1 heterocycles. The van der Waals surface area contributed by atoms with Crippen molar-refractivity contribution >= 4 is 39.7 Å². The highest BCUT2D eigenvalue weighted by Gasteiger charge is 2.06. The molecule has 4 aromatic rings. The number of thiocarbonyl (C=S) groups is 1. The third kappa shape index (κ3) is 3.80. The first-order chi connectivity index (χ1) is 13.1. The molecule has 0 saturated carbocycles. The van der Waals surface area contributed by atoms with Crippen LogP contribution in [0, 0.1) is 12.7 Å². The number of imidazole rings is 1. The second kappa shape index (κ2) is 7.17. The summed E-state index contributed by atoms with van der Waals surface area (Å²) in [5, 5.41) is 6.48. The average molecular weight is 376 g/mol. The Balaban J connectivity index is 1.45. The zero-order valence-corrected chi connectivity index (χ0v) is 15.4. The number of aromatic amines is 1. The fraction of sp³-hybridized carbons (Fsp3) is 0.0476. The highest BCUT2D eigenvalue weighted by Crippen LogP contribution is 2.22. The van der Waals surface area contributed by atoms with Gasteiger partial charge in [0.25, 0.3) is 0 Å². The van der Waals surface area contributed by atoms with E-state index in [1.165, 1.54) is 6.07 Å². The largest absolute Gasteiger partial charge is 0.338 e. The number of H-pyrrole nitrogens is 1. The van der Waals surface area contributed by atoms with Crippen molar-refractivity contribution in [1.82, 2.24) is 9.97 Å². The monoisotopic (exact) mass is 376 g/mol. The molecule has 1 aromatic heterocycles. The van der Waals surface area contributed by atoms with Crippen LogP contribution in [0.15, 0.2) is 66.7 Å². The van der Waals surface area contributed by atoms with Gasteiger partial charge in [-0.05, 0) is 73.2 Å². The maximum atomic E-state index is 13.6. The minimum absolute atomic E-state index is 0.266. The second-order valence-corrected chi connectivity index (χ2v) is 6.63. The van der Waals surface area contributed by atoms with Crippen LogP contribution in [-0.4, -0.2) is 15.1 Å². The van der Waals surface area contributed by atoms with Crippen molar-refractivity contribution in [2.45, 2.75) is 6.92 Å². The number of anilines is 2. The molecule has 0 fully saturated rings. The van der Waals surface area contributed by atoms with Gasteiger partial charge in [-0.25, -0.2) is 9.37 Å². The summed E-state index contributed by atoms with van der Waals surface area (Å²) in [6, 6.07) is 20.6. The van der Waals surface area contributed by atoms with Crippen molar-refractivity contribution in [1.29, 1.82) is 0 Å². The van der Waals surface area contributed by atoms with Gasteiger partial charge in [-0.3, -0.25) is 0 Å². The van der Waals surface area contributed by atoms with Gasteiger partial charge in [-0.15, -0.1) is 0 Å². The summed E-state index contributed by atoms with van der Waals surface area (Å²) >= 11 is 5.30. The zero-order chi connectivity index (χ0) is 18.8. The maximum Gasteiger partial charge on any atom is 0.175 e. The van der Waals surface area contributed by atoms with Crippen molar-refractivity contribution in [3.8, 4) is 11.4 Å². The summed E-state index contributed by atoms with van der Waals surface area (Å²) < 4.78 is 13.6. The molecule has 134 valence electrons. The van der Waals surface area contributed by atoms with Gasteiger partial charge in [-0.1, -0.05) is 18.2 Å². The van der Waals surface area contributed by atoms with Crippen molar-refractivity contribution < 1.29 is 4.39 Å².